The Bertz CT molecular complexity index is 1170. The molecule has 8 nitrogen and oxygen atoms in total. The Morgan fingerprint density at radius 3 is 2.30 bits per heavy atom. The highest BCUT2D eigenvalue weighted by Crippen LogP contribution is 2.33. The Hall–Kier alpha value is -1.85. The molecule has 0 saturated carbocycles. The molecule has 0 spiro atoms. The smallest absolute Gasteiger partial charge is 0.257 e. The largest absolute Gasteiger partial charge is 0.495 e. The second kappa shape index (κ2) is 9.52. The number of hydrogen-bond acceptors (Lipinski definition) is 6. The van der Waals surface area contributed by atoms with Crippen LogP contribution in [0.5, 0.6) is 5.75 Å². The lowest BCUT2D eigenvalue weighted by Crippen LogP contribution is -2.37. The molecule has 2 aromatic carbocycles. The standard InChI is InChI=1S/C18H20Cl2N2O6S2/c1-4-9-22(30(26,27)18-10-13(19)5-7-15(18)20)29(24,25)14-6-8-16(21-12(2)23)17(11-14)28-3/h5-8,10-11H,4,9H2,1-3H3,(H,21,23). The maximum absolute atomic E-state index is 13.3. The van der Waals surface area contributed by atoms with Gasteiger partial charge < -0.3 is 10.1 Å². The van der Waals surface area contributed by atoms with Gasteiger partial charge in [0.1, 0.15) is 10.6 Å². The van der Waals surface area contributed by atoms with Crippen LogP contribution in [-0.4, -0.2) is 40.1 Å². The molecule has 0 unspecified atom stereocenters. The van der Waals surface area contributed by atoms with Crippen LogP contribution < -0.4 is 10.1 Å². The highest BCUT2D eigenvalue weighted by molar-refractivity contribution is 8.04. The number of halogens is 2. The summed E-state index contributed by atoms with van der Waals surface area (Å²) < 4.78 is 58.5. The minimum absolute atomic E-state index is 0.0564. The van der Waals surface area contributed by atoms with Crippen LogP contribution in [0.1, 0.15) is 20.3 Å². The topological polar surface area (TPSA) is 110 Å². The van der Waals surface area contributed by atoms with Gasteiger partial charge in [-0.1, -0.05) is 33.8 Å². The lowest BCUT2D eigenvalue weighted by molar-refractivity contribution is -0.114. The molecule has 1 N–H and O–H groups in total. The van der Waals surface area contributed by atoms with Gasteiger partial charge in [0.25, 0.3) is 20.0 Å². The third kappa shape index (κ3) is 5.06. The van der Waals surface area contributed by atoms with Gasteiger partial charge in [-0.2, -0.15) is 0 Å². The van der Waals surface area contributed by atoms with E-state index in [1.54, 1.807) is 6.92 Å². The molecule has 0 radical (unpaired) electrons. The molecule has 0 bridgehead atoms. The molecule has 12 heteroatoms. The van der Waals surface area contributed by atoms with E-state index in [0.29, 0.717) is 3.71 Å². The number of nitrogens with zero attached hydrogens (tertiary/aromatic N) is 1. The van der Waals surface area contributed by atoms with Crippen molar-refractivity contribution in [2.45, 2.75) is 30.1 Å². The van der Waals surface area contributed by atoms with Crippen molar-refractivity contribution in [2.75, 3.05) is 19.0 Å². The number of carbonyl (C=O) groups is 1. The zero-order valence-electron chi connectivity index (χ0n) is 16.3. The Morgan fingerprint density at radius 2 is 1.73 bits per heavy atom. The average Bonchev–Trinajstić information content (AvgIpc) is 2.67. The molecule has 0 aliphatic carbocycles. The molecule has 2 aromatic rings. The number of nitrogens with one attached hydrogen (secondary N) is 1. The summed E-state index contributed by atoms with van der Waals surface area (Å²) in [6.07, 6.45) is 0.220. The normalized spacial score (nSPS) is 12.1. The summed E-state index contributed by atoms with van der Waals surface area (Å²) in [6, 6.07) is 7.40. The van der Waals surface area contributed by atoms with E-state index in [2.05, 4.69) is 5.32 Å². The maximum atomic E-state index is 13.3. The number of sulfonamides is 2. The first-order valence-corrected chi connectivity index (χ1v) is 12.3. The van der Waals surface area contributed by atoms with E-state index in [4.69, 9.17) is 27.9 Å². The first-order chi connectivity index (χ1) is 13.9. The third-order valence-corrected chi connectivity index (χ3v) is 8.93. The van der Waals surface area contributed by atoms with Crippen molar-refractivity contribution in [3.8, 4) is 5.75 Å². The fourth-order valence-electron chi connectivity index (χ4n) is 2.58. The molecular formula is C18H20Cl2N2O6S2. The highest BCUT2D eigenvalue weighted by Gasteiger charge is 2.37. The van der Waals surface area contributed by atoms with Gasteiger partial charge in [0, 0.05) is 24.6 Å². The Balaban J connectivity index is 2.64. The molecule has 1 amide bonds. The second-order valence-corrected chi connectivity index (χ2v) is 10.9. The summed E-state index contributed by atoms with van der Waals surface area (Å²) in [6.45, 7) is 2.61. The predicted octanol–water partition coefficient (Wildman–Crippen LogP) is 3.75. The number of ether oxygens (including phenoxy) is 1. The van der Waals surface area contributed by atoms with Crippen molar-refractivity contribution in [3.63, 3.8) is 0 Å². The third-order valence-electron chi connectivity index (χ3n) is 3.90. The van der Waals surface area contributed by atoms with Gasteiger partial charge in [-0.15, -0.1) is 0 Å². The van der Waals surface area contributed by atoms with E-state index in [1.165, 1.54) is 38.3 Å². The monoisotopic (exact) mass is 494 g/mol. The fraction of sp³-hybridized carbons (Fsp3) is 0.278. The van der Waals surface area contributed by atoms with Crippen LogP contribution in [0.3, 0.4) is 0 Å². The maximum Gasteiger partial charge on any atom is 0.257 e. The zero-order valence-corrected chi connectivity index (χ0v) is 19.5. The minimum Gasteiger partial charge on any atom is -0.495 e. The summed E-state index contributed by atoms with van der Waals surface area (Å²) in [7, 11) is -7.78. The van der Waals surface area contributed by atoms with Crippen LogP contribution in [0.15, 0.2) is 46.2 Å². The molecular weight excluding hydrogens is 475 g/mol. The molecule has 0 fully saturated rings. The van der Waals surface area contributed by atoms with Gasteiger partial charge in [0.2, 0.25) is 5.91 Å². The minimum atomic E-state index is -4.55. The lowest BCUT2D eigenvalue weighted by atomic mass is 10.3. The number of rotatable bonds is 8. The van der Waals surface area contributed by atoms with Crippen molar-refractivity contribution in [1.29, 1.82) is 0 Å². The van der Waals surface area contributed by atoms with Gasteiger partial charge in [0.05, 0.1) is 22.7 Å². The Kier molecular flexibility index (Phi) is 7.75. The first kappa shape index (κ1) is 24.4. The van der Waals surface area contributed by atoms with Crippen molar-refractivity contribution < 1.29 is 26.4 Å². The number of hydrogen-bond donors (Lipinski definition) is 1. The summed E-state index contributed by atoms with van der Waals surface area (Å²) in [4.78, 5) is 10.6. The fourth-order valence-corrected chi connectivity index (χ4v) is 7.15. The van der Waals surface area contributed by atoms with Crippen molar-refractivity contribution in [2.24, 2.45) is 0 Å². The number of methoxy groups -OCH3 is 1. The SMILES string of the molecule is CCCN(S(=O)(=O)c1ccc(NC(C)=O)c(OC)c1)S(=O)(=O)c1cc(Cl)ccc1Cl. The lowest BCUT2D eigenvalue weighted by Gasteiger charge is -2.22. The Morgan fingerprint density at radius 1 is 1.07 bits per heavy atom. The average molecular weight is 495 g/mol. The Labute approximate surface area is 185 Å². The van der Waals surface area contributed by atoms with Crippen LogP contribution in [0, 0.1) is 0 Å². The zero-order chi connectivity index (χ0) is 22.7. The van der Waals surface area contributed by atoms with E-state index in [-0.39, 0.29) is 45.3 Å². The van der Waals surface area contributed by atoms with Crippen molar-refractivity contribution in [3.05, 3.63) is 46.4 Å². The molecule has 2 rings (SSSR count). The van der Waals surface area contributed by atoms with Crippen molar-refractivity contribution >= 4 is 54.8 Å². The molecule has 30 heavy (non-hydrogen) atoms. The number of amides is 1. The molecule has 0 saturated heterocycles. The van der Waals surface area contributed by atoms with Crippen LogP contribution in [0.2, 0.25) is 10.0 Å². The number of carbonyl (C=O) groups excluding carboxylic acids is 1. The summed E-state index contributed by atoms with van der Waals surface area (Å²) in [5.41, 5.74) is 0.242. The summed E-state index contributed by atoms with van der Waals surface area (Å²) >= 11 is 11.9. The van der Waals surface area contributed by atoms with Gasteiger partial charge in [-0.3, -0.25) is 4.79 Å². The van der Waals surface area contributed by atoms with Crippen LogP contribution >= 0.6 is 23.2 Å². The molecule has 0 aliphatic rings. The van der Waals surface area contributed by atoms with Gasteiger partial charge in [-0.05, 0) is 36.8 Å². The summed E-state index contributed by atoms with van der Waals surface area (Å²) in [5, 5.41) is 2.44. The first-order valence-electron chi connectivity index (χ1n) is 8.63. The van der Waals surface area contributed by atoms with Gasteiger partial charge in [-0.25, -0.2) is 16.8 Å². The highest BCUT2D eigenvalue weighted by atomic mass is 35.5. The second-order valence-electron chi connectivity index (χ2n) is 6.12. The van der Waals surface area contributed by atoms with Gasteiger partial charge >= 0.3 is 0 Å². The number of anilines is 1. The summed E-state index contributed by atoms with van der Waals surface area (Å²) in [5.74, 6) is -0.324. The van der Waals surface area contributed by atoms with E-state index in [0.717, 1.165) is 12.1 Å². The van der Waals surface area contributed by atoms with E-state index in [9.17, 15) is 21.6 Å². The molecule has 0 aliphatic heterocycles. The molecule has 0 heterocycles. The predicted molar refractivity (Wildman–Crippen MR) is 115 cm³/mol. The molecule has 0 atom stereocenters. The van der Waals surface area contributed by atoms with Crippen LogP contribution in [0.25, 0.3) is 0 Å². The molecule has 0 aromatic heterocycles. The van der Waals surface area contributed by atoms with Crippen LogP contribution in [-0.2, 0) is 24.8 Å². The van der Waals surface area contributed by atoms with Crippen molar-refractivity contribution in [1.82, 2.24) is 3.71 Å². The quantitative estimate of drug-likeness (QED) is 0.598. The molecule has 164 valence electrons. The van der Waals surface area contributed by atoms with E-state index < -0.39 is 24.9 Å². The van der Waals surface area contributed by atoms with Crippen LogP contribution in [0.4, 0.5) is 5.69 Å². The number of benzene rings is 2. The van der Waals surface area contributed by atoms with E-state index >= 15 is 0 Å². The van der Waals surface area contributed by atoms with E-state index in [1.807, 2.05) is 0 Å². The van der Waals surface area contributed by atoms with Gasteiger partial charge in [0.15, 0.2) is 0 Å².